The van der Waals surface area contributed by atoms with E-state index in [1.807, 2.05) is 4.68 Å². The first kappa shape index (κ1) is 20.4. The van der Waals surface area contributed by atoms with Crippen LogP contribution in [-0.4, -0.2) is 9.78 Å². The van der Waals surface area contributed by atoms with Crippen LogP contribution in [0.15, 0.2) is 72.8 Å². The van der Waals surface area contributed by atoms with Gasteiger partial charge in [-0.1, -0.05) is 51.1 Å². The molecule has 0 spiro atoms. The summed E-state index contributed by atoms with van der Waals surface area (Å²) in [5.74, 6) is 0. The highest BCUT2D eigenvalue weighted by molar-refractivity contribution is 5.94. The van der Waals surface area contributed by atoms with E-state index in [-0.39, 0.29) is 5.41 Å². The number of aromatic nitrogens is 3. The lowest BCUT2D eigenvalue weighted by atomic mass is 9.83. The molecule has 32 heavy (non-hydrogen) atoms. The maximum atomic E-state index is 4.80. The number of aryl methyl sites for hydroxylation is 2. The molecule has 0 saturated carbocycles. The summed E-state index contributed by atoms with van der Waals surface area (Å²) in [5, 5.41) is 7.23. The fourth-order valence-corrected chi connectivity index (χ4v) is 4.70. The molecule has 0 radical (unpaired) electrons. The molecule has 0 N–H and O–H groups in total. The lowest BCUT2D eigenvalue weighted by Crippen LogP contribution is -2.36. The van der Waals surface area contributed by atoms with Crippen LogP contribution in [0.1, 0.15) is 37.6 Å². The van der Waals surface area contributed by atoms with Gasteiger partial charge in [-0.05, 0) is 42.2 Å². The molecule has 0 unspecified atom stereocenters. The third kappa shape index (κ3) is 3.20. The monoisotopic (exact) mass is 420 g/mol. The topological polar surface area (TPSA) is 21.7 Å². The third-order valence-corrected chi connectivity index (χ3v) is 6.52. The van der Waals surface area contributed by atoms with Gasteiger partial charge in [0.15, 0.2) is 5.69 Å². The number of fused-ring (bicyclic) bond motifs is 2. The lowest BCUT2D eigenvalue weighted by Gasteiger charge is -2.22. The smallest absolute Gasteiger partial charge is 0.218 e. The summed E-state index contributed by atoms with van der Waals surface area (Å²) in [4.78, 5) is 0. The van der Waals surface area contributed by atoms with Gasteiger partial charge in [0.25, 0.3) is 0 Å². The van der Waals surface area contributed by atoms with Crippen LogP contribution in [0.3, 0.4) is 0 Å². The average molecular weight is 421 g/mol. The number of rotatable bonds is 2. The zero-order valence-electron chi connectivity index (χ0n) is 19.8. The summed E-state index contributed by atoms with van der Waals surface area (Å²) >= 11 is 0. The van der Waals surface area contributed by atoms with Crippen LogP contribution in [0.2, 0.25) is 0 Å². The summed E-state index contributed by atoms with van der Waals surface area (Å²) < 4.78 is 4.44. The van der Waals surface area contributed by atoms with Crippen LogP contribution in [-0.2, 0) is 12.5 Å². The van der Waals surface area contributed by atoms with Gasteiger partial charge in [0, 0.05) is 54.1 Å². The highest BCUT2D eigenvalue weighted by Crippen LogP contribution is 2.36. The number of hydrogen-bond donors (Lipinski definition) is 0. The second-order valence-electron chi connectivity index (χ2n) is 9.78. The summed E-state index contributed by atoms with van der Waals surface area (Å²) in [7, 11) is 2.05. The van der Waals surface area contributed by atoms with Crippen molar-refractivity contribution in [1.82, 2.24) is 9.78 Å². The summed E-state index contributed by atoms with van der Waals surface area (Å²) in [5.41, 5.74) is 9.71. The van der Waals surface area contributed by atoms with E-state index >= 15 is 0 Å². The summed E-state index contributed by atoms with van der Waals surface area (Å²) in [6.45, 7) is 11.3. The molecule has 0 aliphatic rings. The summed E-state index contributed by atoms with van der Waals surface area (Å²) in [6.07, 6.45) is 0. The van der Waals surface area contributed by atoms with E-state index in [1.54, 1.807) is 0 Å². The van der Waals surface area contributed by atoms with E-state index in [2.05, 4.69) is 119 Å². The van der Waals surface area contributed by atoms with Crippen molar-refractivity contribution in [3.63, 3.8) is 0 Å². The number of nitrogens with zero attached hydrogens (tertiary/aromatic N) is 3. The first-order chi connectivity index (χ1) is 15.3. The molecule has 2 heterocycles. The highest BCUT2D eigenvalue weighted by Gasteiger charge is 2.26. The maximum absolute atomic E-state index is 4.80. The molecule has 2 aromatic heterocycles. The van der Waals surface area contributed by atoms with Gasteiger partial charge in [-0.15, -0.1) is 0 Å². The molecule has 5 aromatic rings. The standard InChI is InChI=1S/C29H30N3/c1-19-15-16-21-11-7-10-14-26(21)32(19)27-18-22(29(3,4)5)17-24(20(27)2)28-23-12-8-9-13-25(23)30-31(28)6/h7-18H,1-6H3/q+1. The second-order valence-corrected chi connectivity index (χ2v) is 9.78. The molecule has 160 valence electrons. The van der Waals surface area contributed by atoms with Crippen LogP contribution in [0.5, 0.6) is 0 Å². The molecule has 0 aliphatic heterocycles. The number of hydrogen-bond acceptors (Lipinski definition) is 1. The van der Waals surface area contributed by atoms with Crippen LogP contribution in [0.4, 0.5) is 0 Å². The lowest BCUT2D eigenvalue weighted by molar-refractivity contribution is -0.574. The van der Waals surface area contributed by atoms with Gasteiger partial charge >= 0.3 is 0 Å². The molecule has 3 nitrogen and oxygen atoms in total. The Morgan fingerprint density at radius 3 is 2.34 bits per heavy atom. The van der Waals surface area contributed by atoms with E-state index in [9.17, 15) is 0 Å². The quantitative estimate of drug-likeness (QED) is 0.295. The number of para-hydroxylation sites is 1. The van der Waals surface area contributed by atoms with Crippen molar-refractivity contribution in [2.24, 2.45) is 7.05 Å². The van der Waals surface area contributed by atoms with Gasteiger partial charge in [-0.3, -0.25) is 4.68 Å². The van der Waals surface area contributed by atoms with Gasteiger partial charge < -0.3 is 0 Å². The second kappa shape index (κ2) is 7.30. The molecule has 0 fully saturated rings. The Labute approximate surface area is 190 Å². The minimum atomic E-state index is 0.0185. The molecule has 0 saturated heterocycles. The van der Waals surface area contributed by atoms with E-state index in [4.69, 9.17) is 5.10 Å². The molecular formula is C29H30N3+. The van der Waals surface area contributed by atoms with Gasteiger partial charge in [0.2, 0.25) is 11.2 Å². The van der Waals surface area contributed by atoms with Crippen LogP contribution >= 0.6 is 0 Å². The minimum Gasteiger partial charge on any atom is -0.267 e. The molecular weight excluding hydrogens is 390 g/mol. The third-order valence-electron chi connectivity index (χ3n) is 6.52. The minimum absolute atomic E-state index is 0.0185. The van der Waals surface area contributed by atoms with Crippen molar-refractivity contribution in [1.29, 1.82) is 0 Å². The van der Waals surface area contributed by atoms with E-state index in [0.717, 1.165) is 5.52 Å². The van der Waals surface area contributed by atoms with Crippen molar-refractivity contribution >= 4 is 21.8 Å². The zero-order chi connectivity index (χ0) is 22.6. The summed E-state index contributed by atoms with van der Waals surface area (Å²) in [6, 6.07) is 26.2. The highest BCUT2D eigenvalue weighted by atomic mass is 15.3. The Hall–Kier alpha value is -3.46. The molecule has 0 bridgehead atoms. The Kier molecular flexibility index (Phi) is 4.67. The predicted molar refractivity (Wildman–Crippen MR) is 133 cm³/mol. The Bertz CT molecular complexity index is 1480. The largest absolute Gasteiger partial charge is 0.267 e. The van der Waals surface area contributed by atoms with Gasteiger partial charge in [-0.2, -0.15) is 9.67 Å². The Morgan fingerprint density at radius 1 is 0.844 bits per heavy atom. The van der Waals surface area contributed by atoms with Crippen molar-refractivity contribution in [3.8, 4) is 16.9 Å². The van der Waals surface area contributed by atoms with E-state index in [0.29, 0.717) is 0 Å². The molecule has 0 aliphatic carbocycles. The fourth-order valence-electron chi connectivity index (χ4n) is 4.70. The van der Waals surface area contributed by atoms with Gasteiger partial charge in [-0.25, -0.2) is 0 Å². The van der Waals surface area contributed by atoms with Crippen LogP contribution in [0, 0.1) is 13.8 Å². The molecule has 3 heteroatoms. The van der Waals surface area contributed by atoms with Crippen molar-refractivity contribution in [2.45, 2.75) is 40.0 Å². The molecule has 5 rings (SSSR count). The van der Waals surface area contributed by atoms with Crippen LogP contribution < -0.4 is 4.57 Å². The van der Waals surface area contributed by atoms with Crippen LogP contribution in [0.25, 0.3) is 38.8 Å². The van der Waals surface area contributed by atoms with Crippen molar-refractivity contribution in [3.05, 3.63) is 89.6 Å². The SMILES string of the molecule is Cc1c(-c2c3ccccc3nn2C)cc(C(C)(C)C)cc1-[n+]1c(C)ccc2ccccc21. The van der Waals surface area contributed by atoms with Crippen molar-refractivity contribution in [2.75, 3.05) is 0 Å². The first-order valence-corrected chi connectivity index (χ1v) is 11.2. The zero-order valence-corrected chi connectivity index (χ0v) is 19.8. The predicted octanol–water partition coefficient (Wildman–Crippen LogP) is 6.58. The molecule has 0 amide bonds. The Morgan fingerprint density at radius 2 is 1.56 bits per heavy atom. The van der Waals surface area contributed by atoms with E-state index < -0.39 is 0 Å². The first-order valence-electron chi connectivity index (χ1n) is 11.2. The average Bonchev–Trinajstić information content (AvgIpc) is 3.09. The van der Waals surface area contributed by atoms with E-state index in [1.165, 1.54) is 50.1 Å². The maximum Gasteiger partial charge on any atom is 0.218 e. The fraction of sp³-hybridized carbons (Fsp3) is 0.241. The Balaban J connectivity index is 1.91. The van der Waals surface area contributed by atoms with Gasteiger partial charge in [0.1, 0.15) is 0 Å². The normalized spacial score (nSPS) is 12.1. The molecule has 0 atom stereocenters. The number of benzene rings is 3. The van der Waals surface area contributed by atoms with Crippen molar-refractivity contribution < 1.29 is 4.57 Å². The molecule has 3 aromatic carbocycles. The van der Waals surface area contributed by atoms with Gasteiger partial charge in [0.05, 0.1) is 11.2 Å². The number of pyridine rings is 1.